The second-order valence-electron chi connectivity index (χ2n) is 6.99. The molecule has 1 heterocycles. The van der Waals surface area contributed by atoms with Gasteiger partial charge in [0.2, 0.25) is 0 Å². The summed E-state index contributed by atoms with van der Waals surface area (Å²) in [6.07, 6.45) is -3.42. The fourth-order valence-corrected chi connectivity index (χ4v) is 3.47. The Morgan fingerprint density at radius 3 is 2.24 bits per heavy atom. The van der Waals surface area contributed by atoms with Gasteiger partial charge in [-0.15, -0.1) is 0 Å². The molecule has 2 aromatic rings. The van der Waals surface area contributed by atoms with Gasteiger partial charge in [0, 0.05) is 30.7 Å². The summed E-state index contributed by atoms with van der Waals surface area (Å²) in [6.45, 7) is 5.60. The van der Waals surface area contributed by atoms with Crippen LogP contribution in [0.5, 0.6) is 0 Å². The summed E-state index contributed by atoms with van der Waals surface area (Å²) >= 11 is 0. The van der Waals surface area contributed by atoms with Gasteiger partial charge in [0.15, 0.2) is 0 Å². The summed E-state index contributed by atoms with van der Waals surface area (Å²) in [5.41, 5.74) is 10.1. The third-order valence-electron chi connectivity index (χ3n) is 5.05. The summed E-state index contributed by atoms with van der Waals surface area (Å²) in [7, 11) is 0. The number of hydrogen-bond acceptors (Lipinski definition) is 2. The molecule has 134 valence electrons. The predicted molar refractivity (Wildman–Crippen MR) is 94.9 cm³/mol. The van der Waals surface area contributed by atoms with Crippen LogP contribution in [0.25, 0.3) is 0 Å². The van der Waals surface area contributed by atoms with E-state index < -0.39 is 11.7 Å². The molecule has 25 heavy (non-hydrogen) atoms. The lowest BCUT2D eigenvalue weighted by atomic mass is 9.86. The van der Waals surface area contributed by atoms with Crippen molar-refractivity contribution < 1.29 is 13.2 Å². The Hall–Kier alpha value is -2.01. The summed E-state index contributed by atoms with van der Waals surface area (Å²) in [5.74, 6) is 0.283. The van der Waals surface area contributed by atoms with Crippen molar-refractivity contribution in [2.45, 2.75) is 38.4 Å². The summed E-state index contributed by atoms with van der Waals surface area (Å²) in [4.78, 5) is 2.09. The molecule has 0 aromatic heterocycles. The van der Waals surface area contributed by atoms with Crippen LogP contribution in [0.2, 0.25) is 0 Å². The van der Waals surface area contributed by atoms with Crippen LogP contribution in [0.3, 0.4) is 0 Å². The van der Waals surface area contributed by atoms with Crippen molar-refractivity contribution in [1.82, 2.24) is 0 Å². The molecule has 0 radical (unpaired) electrons. The molecule has 0 saturated carbocycles. The Balaban J connectivity index is 1.81. The van der Waals surface area contributed by atoms with Crippen LogP contribution in [0.4, 0.5) is 18.9 Å². The topological polar surface area (TPSA) is 29.3 Å². The lowest BCUT2D eigenvalue weighted by molar-refractivity contribution is -0.137. The Morgan fingerprint density at radius 2 is 1.64 bits per heavy atom. The number of rotatable bonds is 2. The molecule has 1 aliphatic heterocycles. The largest absolute Gasteiger partial charge is 0.416 e. The fraction of sp³-hybridized carbons (Fsp3) is 0.400. The number of anilines is 1. The molecule has 1 aliphatic rings. The van der Waals surface area contributed by atoms with Gasteiger partial charge in [0.25, 0.3) is 0 Å². The number of hydrogen-bond donors (Lipinski definition) is 1. The maximum absolute atomic E-state index is 12.7. The van der Waals surface area contributed by atoms with Crippen molar-refractivity contribution in [1.29, 1.82) is 0 Å². The van der Waals surface area contributed by atoms with Gasteiger partial charge < -0.3 is 10.6 Å². The third kappa shape index (κ3) is 3.98. The minimum Gasteiger partial charge on any atom is -0.369 e. The summed E-state index contributed by atoms with van der Waals surface area (Å²) in [6, 6.07) is 11.8. The first-order chi connectivity index (χ1) is 11.7. The molecule has 2 atom stereocenters. The van der Waals surface area contributed by atoms with Gasteiger partial charge in [-0.2, -0.15) is 13.2 Å². The highest BCUT2D eigenvalue weighted by Crippen LogP contribution is 2.33. The number of aryl methyl sites for hydroxylation is 2. The van der Waals surface area contributed by atoms with Crippen molar-refractivity contribution >= 4 is 5.69 Å². The highest BCUT2D eigenvalue weighted by Gasteiger charge is 2.31. The van der Waals surface area contributed by atoms with Crippen molar-refractivity contribution in [3.63, 3.8) is 0 Å². The smallest absolute Gasteiger partial charge is 0.369 e. The van der Waals surface area contributed by atoms with Crippen LogP contribution >= 0.6 is 0 Å². The summed E-state index contributed by atoms with van der Waals surface area (Å²) < 4.78 is 38.2. The molecule has 1 fully saturated rings. The molecule has 3 rings (SSSR count). The van der Waals surface area contributed by atoms with Gasteiger partial charge in [-0.3, -0.25) is 0 Å². The second kappa shape index (κ2) is 6.71. The van der Waals surface area contributed by atoms with E-state index in [2.05, 4.69) is 36.9 Å². The molecule has 0 bridgehead atoms. The molecule has 2 aromatic carbocycles. The van der Waals surface area contributed by atoms with Crippen molar-refractivity contribution in [2.24, 2.45) is 5.73 Å². The zero-order chi connectivity index (χ0) is 18.2. The van der Waals surface area contributed by atoms with E-state index in [9.17, 15) is 13.2 Å². The van der Waals surface area contributed by atoms with Crippen LogP contribution in [-0.2, 0) is 6.18 Å². The van der Waals surface area contributed by atoms with E-state index in [-0.39, 0.29) is 12.0 Å². The first-order valence-electron chi connectivity index (χ1n) is 8.49. The molecule has 1 saturated heterocycles. The van der Waals surface area contributed by atoms with Gasteiger partial charge in [0.1, 0.15) is 0 Å². The Kier molecular flexibility index (Phi) is 4.78. The highest BCUT2D eigenvalue weighted by atomic mass is 19.4. The maximum Gasteiger partial charge on any atom is 0.416 e. The van der Waals surface area contributed by atoms with E-state index in [4.69, 9.17) is 5.73 Å². The normalized spacial score (nSPS) is 21.4. The summed E-state index contributed by atoms with van der Waals surface area (Å²) in [5, 5.41) is 0. The predicted octanol–water partition coefficient (Wildman–Crippen LogP) is 4.64. The number of nitrogens with two attached hydrogens (primary N) is 1. The monoisotopic (exact) mass is 348 g/mol. The van der Waals surface area contributed by atoms with E-state index in [1.54, 1.807) is 0 Å². The Morgan fingerprint density at radius 1 is 0.960 bits per heavy atom. The fourth-order valence-electron chi connectivity index (χ4n) is 3.47. The molecular weight excluding hydrogens is 325 g/mol. The van der Waals surface area contributed by atoms with Crippen LogP contribution in [0.15, 0.2) is 42.5 Å². The van der Waals surface area contributed by atoms with E-state index in [1.165, 1.54) is 28.8 Å². The van der Waals surface area contributed by atoms with Crippen LogP contribution < -0.4 is 10.6 Å². The first-order valence-corrected chi connectivity index (χ1v) is 8.49. The van der Waals surface area contributed by atoms with Crippen molar-refractivity contribution in [3.8, 4) is 0 Å². The van der Waals surface area contributed by atoms with Crippen molar-refractivity contribution in [3.05, 3.63) is 64.7 Å². The van der Waals surface area contributed by atoms with Crippen molar-refractivity contribution in [2.75, 3.05) is 18.0 Å². The Labute approximate surface area is 146 Å². The lowest BCUT2D eigenvalue weighted by Crippen LogP contribution is -2.46. The standard InChI is InChI=1S/C20H23F3N2/c1-13-3-4-15(9-14(13)2)16-10-18(24)12-25(11-16)19-7-5-17(6-8-19)20(21,22)23/h3-9,16,18H,10-12,24H2,1-2H3. The van der Waals surface area contributed by atoms with Crippen LogP contribution in [-0.4, -0.2) is 19.1 Å². The number of piperidine rings is 1. The van der Waals surface area contributed by atoms with Crippen LogP contribution in [0.1, 0.15) is 34.6 Å². The second-order valence-corrected chi connectivity index (χ2v) is 6.99. The molecular formula is C20H23F3N2. The first kappa shape index (κ1) is 17.8. The van der Waals surface area contributed by atoms with E-state index in [0.29, 0.717) is 6.54 Å². The SMILES string of the molecule is Cc1ccc(C2CC(N)CN(c3ccc(C(F)(F)F)cc3)C2)cc1C. The molecule has 0 amide bonds. The average Bonchev–Trinajstić information content (AvgIpc) is 2.56. The van der Waals surface area contributed by atoms with Gasteiger partial charge >= 0.3 is 6.18 Å². The molecule has 0 spiro atoms. The number of benzene rings is 2. The van der Waals surface area contributed by atoms with Gasteiger partial charge in [-0.1, -0.05) is 18.2 Å². The van der Waals surface area contributed by atoms with Crippen LogP contribution in [0, 0.1) is 13.8 Å². The number of alkyl halides is 3. The van der Waals surface area contributed by atoms with Gasteiger partial charge in [-0.05, 0) is 61.2 Å². The van der Waals surface area contributed by atoms with E-state index >= 15 is 0 Å². The quantitative estimate of drug-likeness (QED) is 0.856. The molecule has 5 heteroatoms. The maximum atomic E-state index is 12.7. The van der Waals surface area contributed by atoms with E-state index in [0.717, 1.165) is 30.8 Å². The van der Waals surface area contributed by atoms with Gasteiger partial charge in [0.05, 0.1) is 5.56 Å². The molecule has 0 aliphatic carbocycles. The molecule has 2 nitrogen and oxygen atoms in total. The zero-order valence-corrected chi connectivity index (χ0v) is 14.5. The molecule has 2 N–H and O–H groups in total. The number of halogens is 3. The Bertz CT molecular complexity index is 738. The highest BCUT2D eigenvalue weighted by molar-refractivity contribution is 5.49. The number of nitrogens with zero attached hydrogens (tertiary/aromatic N) is 1. The average molecular weight is 348 g/mol. The minimum absolute atomic E-state index is 0.00246. The molecule has 2 unspecified atom stereocenters. The van der Waals surface area contributed by atoms with E-state index in [1.807, 2.05) is 0 Å². The van der Waals surface area contributed by atoms with Gasteiger partial charge in [-0.25, -0.2) is 0 Å². The minimum atomic E-state index is -4.31. The third-order valence-corrected chi connectivity index (χ3v) is 5.05. The zero-order valence-electron chi connectivity index (χ0n) is 14.5. The lowest BCUT2D eigenvalue weighted by Gasteiger charge is -2.38.